The van der Waals surface area contributed by atoms with Crippen molar-refractivity contribution in [3.63, 3.8) is 0 Å². The summed E-state index contributed by atoms with van der Waals surface area (Å²) in [7, 11) is 0. The van der Waals surface area contributed by atoms with E-state index < -0.39 is 0 Å². The molecule has 0 radical (unpaired) electrons. The highest BCUT2D eigenvalue weighted by atomic mass is 32.1. The van der Waals surface area contributed by atoms with Crippen LogP contribution in [-0.4, -0.2) is 49.7 Å². The number of nitrogens with zero attached hydrogens (tertiary/aromatic N) is 4. The summed E-state index contributed by atoms with van der Waals surface area (Å²) in [6.07, 6.45) is 10.7. The van der Waals surface area contributed by atoms with Gasteiger partial charge in [-0.2, -0.15) is 5.10 Å². The molecule has 5 aromatic rings. The number of thiophene rings is 1. The molecule has 0 saturated carbocycles. The number of H-pyrrole nitrogens is 2. The Balaban J connectivity index is 1.37. The SMILES string of the molecule is C=C/C(=C\C(=C/C)c1ccc2[nH]nc(-c3cc4c(-c5ccc(C(=C)C)s5)nccc4[nH]3)c2n1)CN1CCCC1. The number of hydrogen-bond acceptors (Lipinski definition) is 5. The minimum absolute atomic E-state index is 0.795. The highest BCUT2D eigenvalue weighted by molar-refractivity contribution is 7.16. The standard InChI is InChI=1S/C32H32N6S/c1-5-21(19-38-15-7-8-16-38)17-22(6-2)24-9-10-26-31(35-24)32(37-36-26)27-18-23-25(34-27)13-14-33-30(23)29-12-11-28(39-29)20(3)4/h5-6,9-14,17-18,34H,1,3,7-8,15-16,19H2,2,4H3,(H,36,37)/b21-17+,22-6+. The van der Waals surface area contributed by atoms with Crippen molar-refractivity contribution in [1.29, 1.82) is 0 Å². The normalized spacial score (nSPS) is 15.0. The Morgan fingerprint density at radius 3 is 2.69 bits per heavy atom. The molecule has 2 N–H and O–H groups in total. The first kappa shape index (κ1) is 25.2. The summed E-state index contributed by atoms with van der Waals surface area (Å²) in [5.74, 6) is 0. The first-order valence-corrected chi connectivity index (χ1v) is 14.2. The fraction of sp³-hybridized carbons (Fsp3) is 0.219. The van der Waals surface area contributed by atoms with E-state index in [1.807, 2.05) is 25.3 Å². The highest BCUT2D eigenvalue weighted by Crippen LogP contribution is 2.36. The maximum Gasteiger partial charge on any atom is 0.135 e. The van der Waals surface area contributed by atoms with E-state index >= 15 is 0 Å². The van der Waals surface area contributed by atoms with Crippen molar-refractivity contribution in [2.24, 2.45) is 0 Å². The van der Waals surface area contributed by atoms with Gasteiger partial charge in [-0.1, -0.05) is 25.3 Å². The number of allylic oxidation sites excluding steroid dienone is 4. The summed E-state index contributed by atoms with van der Waals surface area (Å²) >= 11 is 1.71. The van der Waals surface area contributed by atoms with Gasteiger partial charge in [0.1, 0.15) is 11.2 Å². The van der Waals surface area contributed by atoms with Gasteiger partial charge >= 0.3 is 0 Å². The third-order valence-electron chi connectivity index (χ3n) is 7.29. The Kier molecular flexibility index (Phi) is 6.85. The van der Waals surface area contributed by atoms with Crippen molar-refractivity contribution in [1.82, 2.24) is 30.0 Å². The summed E-state index contributed by atoms with van der Waals surface area (Å²) in [6.45, 7) is 15.5. The van der Waals surface area contributed by atoms with Crippen LogP contribution in [0.4, 0.5) is 0 Å². The van der Waals surface area contributed by atoms with Crippen LogP contribution in [-0.2, 0) is 0 Å². The zero-order chi connectivity index (χ0) is 26.9. The van der Waals surface area contributed by atoms with Gasteiger partial charge in [-0.05, 0) is 99.0 Å². The summed E-state index contributed by atoms with van der Waals surface area (Å²) < 4.78 is 0. The Labute approximate surface area is 232 Å². The van der Waals surface area contributed by atoms with E-state index in [0.717, 1.165) is 80.4 Å². The zero-order valence-corrected chi connectivity index (χ0v) is 23.2. The van der Waals surface area contributed by atoms with Crippen LogP contribution in [0.2, 0.25) is 0 Å². The van der Waals surface area contributed by atoms with Crippen LogP contribution in [0.3, 0.4) is 0 Å². The molecule has 196 valence electrons. The molecule has 1 aliphatic rings. The van der Waals surface area contributed by atoms with Gasteiger partial charge in [0.15, 0.2) is 0 Å². The third-order valence-corrected chi connectivity index (χ3v) is 8.54. The van der Waals surface area contributed by atoms with Crippen molar-refractivity contribution in [3.8, 4) is 22.0 Å². The van der Waals surface area contributed by atoms with Crippen LogP contribution in [0.25, 0.3) is 55.0 Å². The number of aromatic nitrogens is 5. The minimum atomic E-state index is 0.795. The molecule has 6 heterocycles. The molecule has 0 bridgehead atoms. The lowest BCUT2D eigenvalue weighted by molar-refractivity contribution is 0.371. The fourth-order valence-electron chi connectivity index (χ4n) is 5.19. The Morgan fingerprint density at radius 1 is 1.10 bits per heavy atom. The number of fused-ring (bicyclic) bond motifs is 2. The van der Waals surface area contributed by atoms with Crippen molar-refractivity contribution in [2.75, 3.05) is 19.6 Å². The van der Waals surface area contributed by atoms with E-state index in [0.29, 0.717) is 0 Å². The van der Waals surface area contributed by atoms with Crippen LogP contribution in [0.5, 0.6) is 0 Å². The van der Waals surface area contributed by atoms with Crippen molar-refractivity contribution >= 4 is 44.4 Å². The predicted octanol–water partition coefficient (Wildman–Crippen LogP) is 7.87. The van der Waals surface area contributed by atoms with Gasteiger partial charge in [0.05, 0.1) is 27.5 Å². The Morgan fingerprint density at radius 2 is 1.95 bits per heavy atom. The molecule has 0 spiro atoms. The zero-order valence-electron chi connectivity index (χ0n) is 22.4. The van der Waals surface area contributed by atoms with E-state index in [2.05, 4.69) is 82.6 Å². The van der Waals surface area contributed by atoms with E-state index in [9.17, 15) is 0 Å². The van der Waals surface area contributed by atoms with Crippen molar-refractivity contribution in [3.05, 3.63) is 90.1 Å². The maximum absolute atomic E-state index is 5.08. The number of rotatable bonds is 8. The van der Waals surface area contributed by atoms with Crippen LogP contribution in [0.1, 0.15) is 37.3 Å². The average molecular weight is 533 g/mol. The van der Waals surface area contributed by atoms with Crippen LogP contribution in [0, 0.1) is 0 Å². The monoisotopic (exact) mass is 532 g/mol. The second-order valence-corrected chi connectivity index (χ2v) is 11.1. The van der Waals surface area contributed by atoms with E-state index in [-0.39, 0.29) is 0 Å². The summed E-state index contributed by atoms with van der Waals surface area (Å²) in [5.41, 5.74) is 9.67. The number of aromatic amines is 2. The summed E-state index contributed by atoms with van der Waals surface area (Å²) in [6, 6.07) is 12.5. The summed E-state index contributed by atoms with van der Waals surface area (Å²) in [4.78, 5) is 18.1. The molecule has 7 heteroatoms. The van der Waals surface area contributed by atoms with Gasteiger partial charge in [-0.15, -0.1) is 11.3 Å². The molecule has 0 aromatic carbocycles. The van der Waals surface area contributed by atoms with Crippen LogP contribution in [0.15, 0.2) is 79.6 Å². The lowest BCUT2D eigenvalue weighted by atomic mass is 10.1. The molecule has 1 fully saturated rings. The quantitative estimate of drug-likeness (QED) is 0.199. The molecule has 0 unspecified atom stereocenters. The second-order valence-electron chi connectivity index (χ2n) is 10.1. The lowest BCUT2D eigenvalue weighted by Gasteiger charge is -2.15. The fourth-order valence-corrected chi connectivity index (χ4v) is 6.14. The second kappa shape index (κ2) is 10.6. The van der Waals surface area contributed by atoms with Crippen LogP contribution >= 0.6 is 11.3 Å². The molecular formula is C32H32N6S. The molecule has 6 rings (SSSR count). The molecule has 6 nitrogen and oxygen atoms in total. The van der Waals surface area contributed by atoms with Gasteiger partial charge in [0, 0.05) is 28.5 Å². The van der Waals surface area contributed by atoms with Gasteiger partial charge in [-0.3, -0.25) is 15.0 Å². The number of nitrogens with one attached hydrogen (secondary N) is 2. The molecule has 1 saturated heterocycles. The van der Waals surface area contributed by atoms with Gasteiger partial charge in [0.25, 0.3) is 0 Å². The van der Waals surface area contributed by atoms with Crippen LogP contribution < -0.4 is 0 Å². The smallest absolute Gasteiger partial charge is 0.135 e. The largest absolute Gasteiger partial charge is 0.353 e. The minimum Gasteiger partial charge on any atom is -0.353 e. The van der Waals surface area contributed by atoms with Crippen molar-refractivity contribution in [2.45, 2.75) is 26.7 Å². The average Bonchev–Trinajstić information content (AvgIpc) is 3.76. The van der Waals surface area contributed by atoms with E-state index in [1.54, 1.807) is 11.3 Å². The Hall–Kier alpha value is -4.07. The number of hydrogen-bond donors (Lipinski definition) is 2. The summed E-state index contributed by atoms with van der Waals surface area (Å²) in [5, 5.41) is 8.88. The molecule has 5 aromatic heterocycles. The molecule has 0 aliphatic carbocycles. The van der Waals surface area contributed by atoms with Gasteiger partial charge in [0.2, 0.25) is 0 Å². The topological polar surface area (TPSA) is 73.5 Å². The molecular weight excluding hydrogens is 500 g/mol. The predicted molar refractivity (Wildman–Crippen MR) is 165 cm³/mol. The molecule has 0 amide bonds. The number of pyridine rings is 2. The first-order chi connectivity index (χ1) is 19.0. The van der Waals surface area contributed by atoms with Gasteiger partial charge in [-0.25, -0.2) is 4.98 Å². The molecule has 0 atom stereocenters. The molecule has 1 aliphatic heterocycles. The molecule has 39 heavy (non-hydrogen) atoms. The Bertz CT molecular complexity index is 1760. The van der Waals surface area contributed by atoms with Crippen molar-refractivity contribution < 1.29 is 0 Å². The lowest BCUT2D eigenvalue weighted by Crippen LogP contribution is -2.21. The van der Waals surface area contributed by atoms with Gasteiger partial charge < -0.3 is 4.98 Å². The number of likely N-dealkylation sites (tertiary alicyclic amines) is 1. The maximum atomic E-state index is 5.08. The van der Waals surface area contributed by atoms with E-state index in [1.165, 1.54) is 23.3 Å². The first-order valence-electron chi connectivity index (χ1n) is 13.4. The highest BCUT2D eigenvalue weighted by Gasteiger charge is 2.17. The van der Waals surface area contributed by atoms with E-state index in [4.69, 9.17) is 9.97 Å². The third kappa shape index (κ3) is 4.91.